The van der Waals surface area contributed by atoms with Gasteiger partial charge in [0.05, 0.1) is 16.8 Å². The van der Waals surface area contributed by atoms with E-state index in [0.29, 0.717) is 11.5 Å². The second-order valence-corrected chi connectivity index (χ2v) is 8.33. The summed E-state index contributed by atoms with van der Waals surface area (Å²) in [4.78, 5) is 24.9. The highest BCUT2D eigenvalue weighted by Crippen LogP contribution is 2.39. The van der Waals surface area contributed by atoms with E-state index < -0.39 is 0 Å². The van der Waals surface area contributed by atoms with Crippen LogP contribution in [0.15, 0.2) is 71.3 Å². The van der Waals surface area contributed by atoms with E-state index >= 15 is 0 Å². The average Bonchev–Trinajstić information content (AvgIpc) is 3.09. The Morgan fingerprint density at radius 1 is 1.20 bits per heavy atom. The van der Waals surface area contributed by atoms with Gasteiger partial charge >= 0.3 is 0 Å². The molecule has 6 heteroatoms. The zero-order valence-electron chi connectivity index (χ0n) is 16.9. The summed E-state index contributed by atoms with van der Waals surface area (Å²) in [6.07, 6.45) is 12.6. The van der Waals surface area contributed by atoms with Crippen LogP contribution in [0.2, 0.25) is 0 Å². The van der Waals surface area contributed by atoms with Crippen LogP contribution in [0.3, 0.4) is 0 Å². The van der Waals surface area contributed by atoms with Crippen molar-refractivity contribution < 1.29 is 9.53 Å². The number of ether oxygens (including phenoxy) is 1. The Hall–Kier alpha value is -2.86. The molecule has 2 aliphatic rings. The molecule has 1 aliphatic carbocycles. The molecule has 0 N–H and O–H groups in total. The van der Waals surface area contributed by atoms with Crippen LogP contribution in [0, 0.1) is 0 Å². The number of benzene rings is 1. The summed E-state index contributed by atoms with van der Waals surface area (Å²) >= 11 is 1.43. The van der Waals surface area contributed by atoms with Crippen LogP contribution in [0.5, 0.6) is 5.75 Å². The number of aromatic nitrogens is 1. The summed E-state index contributed by atoms with van der Waals surface area (Å²) in [5, 5.41) is 0.732. The maximum absolute atomic E-state index is 13.4. The van der Waals surface area contributed by atoms with Gasteiger partial charge in [0.25, 0.3) is 5.91 Å². The van der Waals surface area contributed by atoms with Crippen LogP contribution in [0.25, 0.3) is 6.08 Å². The van der Waals surface area contributed by atoms with Gasteiger partial charge in [-0.2, -0.15) is 0 Å². The molecule has 30 heavy (non-hydrogen) atoms. The minimum Gasteiger partial charge on any atom is -0.489 e. The fraction of sp³-hybridized carbons (Fsp3) is 0.292. The first kappa shape index (κ1) is 20.4. The quantitative estimate of drug-likeness (QED) is 0.453. The molecule has 2 aromatic rings. The van der Waals surface area contributed by atoms with Crippen LogP contribution < -0.4 is 4.74 Å². The third-order valence-electron chi connectivity index (χ3n) is 5.21. The highest BCUT2D eigenvalue weighted by Gasteiger charge is 2.38. The van der Waals surface area contributed by atoms with Gasteiger partial charge in [-0.1, -0.05) is 50.1 Å². The molecule has 0 spiro atoms. The minimum atomic E-state index is 0.0214. The van der Waals surface area contributed by atoms with Crippen molar-refractivity contribution >= 4 is 34.6 Å². The van der Waals surface area contributed by atoms with Gasteiger partial charge in [-0.25, -0.2) is 4.99 Å². The minimum absolute atomic E-state index is 0.0214. The summed E-state index contributed by atoms with van der Waals surface area (Å²) in [5.74, 6) is 0.758. The highest BCUT2D eigenvalue weighted by atomic mass is 32.2. The molecule has 154 valence electrons. The number of pyridine rings is 1. The molecule has 1 aromatic carbocycles. The Bertz CT molecular complexity index is 965. The largest absolute Gasteiger partial charge is 0.489 e. The van der Waals surface area contributed by atoms with E-state index in [9.17, 15) is 4.79 Å². The molecule has 1 aromatic heterocycles. The highest BCUT2D eigenvalue weighted by molar-refractivity contribution is 8.18. The molecule has 0 radical (unpaired) electrons. The van der Waals surface area contributed by atoms with Crippen molar-refractivity contribution in [3.05, 3.63) is 71.9 Å². The molecule has 0 bridgehead atoms. The van der Waals surface area contributed by atoms with Crippen LogP contribution in [-0.4, -0.2) is 33.6 Å². The number of rotatable bonds is 6. The topological polar surface area (TPSA) is 54.8 Å². The van der Waals surface area contributed by atoms with Crippen molar-refractivity contribution in [2.75, 3.05) is 6.61 Å². The third kappa shape index (κ3) is 4.65. The Labute approximate surface area is 181 Å². The van der Waals surface area contributed by atoms with Crippen molar-refractivity contribution in [3.63, 3.8) is 0 Å². The molecule has 2 fully saturated rings. The summed E-state index contributed by atoms with van der Waals surface area (Å²) in [5.41, 5.74) is 1.63. The van der Waals surface area contributed by atoms with E-state index in [0.717, 1.165) is 47.9 Å². The Balaban J connectivity index is 1.68. The lowest BCUT2D eigenvalue weighted by Crippen LogP contribution is -2.40. The molecule has 2 heterocycles. The van der Waals surface area contributed by atoms with Crippen LogP contribution >= 0.6 is 11.8 Å². The zero-order chi connectivity index (χ0) is 20.8. The molecule has 1 saturated carbocycles. The Morgan fingerprint density at radius 2 is 2.03 bits per heavy atom. The van der Waals surface area contributed by atoms with E-state index in [1.165, 1.54) is 18.2 Å². The summed E-state index contributed by atoms with van der Waals surface area (Å²) in [6.45, 7) is 4.13. The monoisotopic (exact) mass is 419 g/mol. The van der Waals surface area contributed by atoms with Gasteiger partial charge < -0.3 is 4.74 Å². The van der Waals surface area contributed by atoms with E-state index in [-0.39, 0.29) is 11.9 Å². The number of para-hydroxylation sites is 1. The number of aliphatic imine (C=N–C) groups is 1. The molecular formula is C24H25N3O2S. The maximum Gasteiger partial charge on any atom is 0.267 e. The van der Waals surface area contributed by atoms with Crippen LogP contribution in [0.1, 0.15) is 37.7 Å². The number of carbonyl (C=O) groups is 1. The van der Waals surface area contributed by atoms with Gasteiger partial charge in [-0.3, -0.25) is 14.7 Å². The fourth-order valence-corrected chi connectivity index (χ4v) is 4.83. The molecule has 1 saturated heterocycles. The van der Waals surface area contributed by atoms with Gasteiger partial charge in [-0.15, -0.1) is 0 Å². The first-order valence-electron chi connectivity index (χ1n) is 10.3. The van der Waals surface area contributed by atoms with Crippen molar-refractivity contribution in [2.45, 2.75) is 38.1 Å². The smallest absolute Gasteiger partial charge is 0.267 e. The second-order valence-electron chi connectivity index (χ2n) is 7.32. The SMILES string of the molecule is C=CCOc1ccccc1/C=C1\SC(=Nc2cccnc2)N(C2CCCCC2)C1=O. The van der Waals surface area contributed by atoms with E-state index in [1.807, 2.05) is 47.4 Å². The van der Waals surface area contributed by atoms with Crippen molar-refractivity contribution in [1.82, 2.24) is 9.88 Å². The van der Waals surface area contributed by atoms with Crippen molar-refractivity contribution in [2.24, 2.45) is 4.99 Å². The normalized spacial score (nSPS) is 20.1. The van der Waals surface area contributed by atoms with Gasteiger partial charge in [0, 0.05) is 17.8 Å². The van der Waals surface area contributed by atoms with Crippen molar-refractivity contribution in [1.29, 1.82) is 0 Å². The van der Waals surface area contributed by atoms with Gasteiger partial charge in [-0.05, 0) is 48.9 Å². The number of amidine groups is 1. The van der Waals surface area contributed by atoms with E-state index in [1.54, 1.807) is 18.5 Å². The van der Waals surface area contributed by atoms with E-state index in [2.05, 4.69) is 11.6 Å². The molecule has 5 nitrogen and oxygen atoms in total. The molecule has 1 amide bonds. The molecule has 4 rings (SSSR count). The number of nitrogens with zero attached hydrogens (tertiary/aromatic N) is 3. The fourth-order valence-electron chi connectivity index (χ4n) is 3.78. The third-order valence-corrected chi connectivity index (χ3v) is 6.19. The lowest BCUT2D eigenvalue weighted by atomic mass is 9.94. The number of amides is 1. The van der Waals surface area contributed by atoms with Crippen LogP contribution in [0.4, 0.5) is 5.69 Å². The summed E-state index contributed by atoms with van der Waals surface area (Å²) in [6, 6.07) is 11.7. The molecule has 0 unspecified atom stereocenters. The number of carbonyl (C=O) groups excluding carboxylic acids is 1. The number of hydrogen-bond donors (Lipinski definition) is 0. The van der Waals surface area contributed by atoms with Gasteiger partial charge in [0.15, 0.2) is 5.17 Å². The van der Waals surface area contributed by atoms with Crippen LogP contribution in [-0.2, 0) is 4.79 Å². The average molecular weight is 420 g/mol. The summed E-state index contributed by atoms with van der Waals surface area (Å²) < 4.78 is 5.76. The standard InChI is InChI=1S/C24H25N3O2S/c1-2-15-29-21-13-7-6-9-18(21)16-22-23(28)27(20-11-4-3-5-12-20)24(30-22)26-19-10-8-14-25-17-19/h2,6-10,13-14,16-17,20H,1,3-5,11-12,15H2/b22-16-,26-24?. The Kier molecular flexibility index (Phi) is 6.64. The summed E-state index contributed by atoms with van der Waals surface area (Å²) in [7, 11) is 0. The number of thioether (sulfide) groups is 1. The molecular weight excluding hydrogens is 394 g/mol. The first-order chi connectivity index (χ1) is 14.8. The molecule has 0 atom stereocenters. The lowest BCUT2D eigenvalue weighted by molar-refractivity contribution is -0.124. The van der Waals surface area contributed by atoms with Gasteiger partial charge in [0.1, 0.15) is 12.4 Å². The number of hydrogen-bond acceptors (Lipinski definition) is 5. The second kappa shape index (κ2) is 9.76. The van der Waals surface area contributed by atoms with Crippen molar-refractivity contribution in [3.8, 4) is 5.75 Å². The maximum atomic E-state index is 13.4. The van der Waals surface area contributed by atoms with E-state index in [4.69, 9.17) is 9.73 Å². The Morgan fingerprint density at radius 3 is 2.80 bits per heavy atom. The van der Waals surface area contributed by atoms with Gasteiger partial charge in [0.2, 0.25) is 0 Å². The predicted molar refractivity (Wildman–Crippen MR) is 123 cm³/mol. The first-order valence-corrected chi connectivity index (χ1v) is 11.1. The zero-order valence-corrected chi connectivity index (χ0v) is 17.7. The predicted octanol–water partition coefficient (Wildman–Crippen LogP) is 5.58. The molecule has 1 aliphatic heterocycles. The lowest BCUT2D eigenvalue weighted by Gasteiger charge is -2.30.